The summed E-state index contributed by atoms with van der Waals surface area (Å²) in [7, 11) is 0. The van der Waals surface area contributed by atoms with Gasteiger partial charge in [-0.2, -0.15) is 0 Å². The molecule has 0 amide bonds. The molecule has 1 saturated carbocycles. The highest BCUT2D eigenvalue weighted by atomic mass is 16.4. The monoisotopic (exact) mass is 185 g/mol. The van der Waals surface area contributed by atoms with Gasteiger partial charge in [-0.05, 0) is 31.1 Å². The standard InChI is InChI=1S/C10H19NO2/c1-7-3-8(2)5-10(11,4-7)6-9(12)13/h7-8H,3-6,11H2,1-2H3,(H,12,13). The Morgan fingerprint density at radius 2 is 1.92 bits per heavy atom. The summed E-state index contributed by atoms with van der Waals surface area (Å²) in [5.41, 5.74) is 5.60. The quantitative estimate of drug-likeness (QED) is 0.687. The summed E-state index contributed by atoms with van der Waals surface area (Å²) in [6, 6.07) is 0. The number of aliphatic carboxylic acids is 1. The van der Waals surface area contributed by atoms with E-state index in [1.807, 2.05) is 0 Å². The Kier molecular flexibility index (Phi) is 2.96. The first kappa shape index (κ1) is 10.5. The van der Waals surface area contributed by atoms with Crippen LogP contribution in [0.15, 0.2) is 0 Å². The van der Waals surface area contributed by atoms with Gasteiger partial charge in [-0.3, -0.25) is 4.79 Å². The van der Waals surface area contributed by atoms with Gasteiger partial charge in [-0.1, -0.05) is 13.8 Å². The van der Waals surface area contributed by atoms with Crippen molar-refractivity contribution in [3.63, 3.8) is 0 Å². The fourth-order valence-corrected chi connectivity index (χ4v) is 2.77. The lowest BCUT2D eigenvalue weighted by Gasteiger charge is -2.39. The Balaban J connectivity index is 2.60. The first-order chi connectivity index (χ1) is 5.91. The molecule has 1 rings (SSSR count). The lowest BCUT2D eigenvalue weighted by Crippen LogP contribution is -2.47. The third-order valence-corrected chi connectivity index (χ3v) is 2.82. The minimum Gasteiger partial charge on any atom is -0.481 e. The number of carboxylic acids is 1. The molecule has 0 heterocycles. The summed E-state index contributed by atoms with van der Waals surface area (Å²) >= 11 is 0. The van der Waals surface area contributed by atoms with Gasteiger partial charge in [0, 0.05) is 5.54 Å². The van der Waals surface area contributed by atoms with E-state index < -0.39 is 11.5 Å². The largest absolute Gasteiger partial charge is 0.481 e. The van der Waals surface area contributed by atoms with Crippen molar-refractivity contribution >= 4 is 5.97 Å². The maximum Gasteiger partial charge on any atom is 0.305 e. The molecule has 0 spiro atoms. The molecule has 0 radical (unpaired) electrons. The van der Waals surface area contributed by atoms with Crippen molar-refractivity contribution in [3.8, 4) is 0 Å². The van der Waals surface area contributed by atoms with Crippen LogP contribution in [0.3, 0.4) is 0 Å². The second kappa shape index (κ2) is 3.66. The highest BCUT2D eigenvalue weighted by molar-refractivity contribution is 5.68. The molecule has 2 atom stereocenters. The van der Waals surface area contributed by atoms with Crippen molar-refractivity contribution in [2.24, 2.45) is 17.6 Å². The van der Waals surface area contributed by atoms with Crippen LogP contribution in [0, 0.1) is 11.8 Å². The van der Waals surface area contributed by atoms with Crippen LogP contribution < -0.4 is 5.73 Å². The Bertz CT molecular complexity index is 193. The van der Waals surface area contributed by atoms with E-state index in [9.17, 15) is 4.79 Å². The minimum atomic E-state index is -0.774. The molecule has 1 fully saturated rings. The summed E-state index contributed by atoms with van der Waals surface area (Å²) in [6.45, 7) is 4.30. The van der Waals surface area contributed by atoms with E-state index >= 15 is 0 Å². The number of carbonyl (C=O) groups is 1. The van der Waals surface area contributed by atoms with Crippen LogP contribution in [0.2, 0.25) is 0 Å². The molecule has 0 saturated heterocycles. The average molecular weight is 185 g/mol. The summed E-state index contributed by atoms with van der Waals surface area (Å²) < 4.78 is 0. The maximum atomic E-state index is 10.6. The summed E-state index contributed by atoms with van der Waals surface area (Å²) in [5.74, 6) is 0.352. The number of hydrogen-bond acceptors (Lipinski definition) is 2. The molecule has 0 aromatic rings. The normalized spacial score (nSPS) is 40.2. The molecule has 0 aromatic heterocycles. The van der Waals surface area contributed by atoms with E-state index in [-0.39, 0.29) is 6.42 Å². The van der Waals surface area contributed by atoms with Gasteiger partial charge in [-0.25, -0.2) is 0 Å². The van der Waals surface area contributed by atoms with Crippen LogP contribution in [0.1, 0.15) is 39.5 Å². The van der Waals surface area contributed by atoms with Crippen molar-refractivity contribution in [1.82, 2.24) is 0 Å². The molecular weight excluding hydrogens is 166 g/mol. The number of carboxylic acid groups (broad SMARTS) is 1. The van der Waals surface area contributed by atoms with E-state index in [0.717, 1.165) is 12.8 Å². The Morgan fingerprint density at radius 1 is 1.46 bits per heavy atom. The van der Waals surface area contributed by atoms with E-state index in [2.05, 4.69) is 13.8 Å². The van der Waals surface area contributed by atoms with Crippen molar-refractivity contribution < 1.29 is 9.90 Å². The van der Waals surface area contributed by atoms with Crippen molar-refractivity contribution in [1.29, 1.82) is 0 Å². The Labute approximate surface area is 79.3 Å². The first-order valence-corrected chi connectivity index (χ1v) is 4.92. The second-order valence-electron chi connectivity index (χ2n) is 4.79. The highest BCUT2D eigenvalue weighted by Gasteiger charge is 2.36. The van der Waals surface area contributed by atoms with Gasteiger partial charge in [0.2, 0.25) is 0 Å². The highest BCUT2D eigenvalue weighted by Crippen LogP contribution is 2.36. The van der Waals surface area contributed by atoms with Gasteiger partial charge in [-0.15, -0.1) is 0 Å². The van der Waals surface area contributed by atoms with Crippen molar-refractivity contribution in [3.05, 3.63) is 0 Å². The van der Waals surface area contributed by atoms with Gasteiger partial charge in [0.05, 0.1) is 6.42 Å². The molecule has 3 nitrogen and oxygen atoms in total. The average Bonchev–Trinajstić information content (AvgIpc) is 1.77. The van der Waals surface area contributed by atoms with Gasteiger partial charge >= 0.3 is 5.97 Å². The van der Waals surface area contributed by atoms with E-state index in [1.165, 1.54) is 6.42 Å². The molecule has 0 aliphatic heterocycles. The minimum absolute atomic E-state index is 0.113. The fraction of sp³-hybridized carbons (Fsp3) is 0.900. The number of nitrogens with two attached hydrogens (primary N) is 1. The zero-order valence-corrected chi connectivity index (χ0v) is 8.42. The van der Waals surface area contributed by atoms with Gasteiger partial charge < -0.3 is 10.8 Å². The topological polar surface area (TPSA) is 63.3 Å². The third kappa shape index (κ3) is 2.99. The molecule has 0 bridgehead atoms. The predicted octanol–water partition coefficient (Wildman–Crippen LogP) is 1.61. The van der Waals surface area contributed by atoms with Crippen LogP contribution in [0.4, 0.5) is 0 Å². The first-order valence-electron chi connectivity index (χ1n) is 4.92. The number of hydrogen-bond donors (Lipinski definition) is 2. The molecule has 1 aliphatic rings. The lowest BCUT2D eigenvalue weighted by atomic mass is 9.71. The van der Waals surface area contributed by atoms with Crippen LogP contribution in [0.25, 0.3) is 0 Å². The second-order valence-corrected chi connectivity index (χ2v) is 4.79. The van der Waals surface area contributed by atoms with Crippen LogP contribution in [-0.4, -0.2) is 16.6 Å². The molecule has 0 aromatic carbocycles. The van der Waals surface area contributed by atoms with Gasteiger partial charge in [0.25, 0.3) is 0 Å². The van der Waals surface area contributed by atoms with Crippen molar-refractivity contribution in [2.75, 3.05) is 0 Å². The third-order valence-electron chi connectivity index (χ3n) is 2.82. The van der Waals surface area contributed by atoms with Gasteiger partial charge in [0.15, 0.2) is 0 Å². The molecule has 13 heavy (non-hydrogen) atoms. The molecule has 2 unspecified atom stereocenters. The molecule has 76 valence electrons. The smallest absolute Gasteiger partial charge is 0.305 e. The molecule has 1 aliphatic carbocycles. The van der Waals surface area contributed by atoms with E-state index in [4.69, 9.17) is 10.8 Å². The molecule has 3 N–H and O–H groups in total. The van der Waals surface area contributed by atoms with Crippen LogP contribution in [-0.2, 0) is 4.79 Å². The molecular formula is C10H19NO2. The Morgan fingerprint density at radius 3 is 2.31 bits per heavy atom. The summed E-state index contributed by atoms with van der Waals surface area (Å²) in [6.07, 6.45) is 2.99. The lowest BCUT2D eigenvalue weighted by molar-refractivity contribution is -0.139. The van der Waals surface area contributed by atoms with Gasteiger partial charge in [0.1, 0.15) is 0 Å². The zero-order chi connectivity index (χ0) is 10.1. The molecule has 3 heteroatoms. The zero-order valence-electron chi connectivity index (χ0n) is 8.42. The maximum absolute atomic E-state index is 10.6. The summed E-state index contributed by atoms with van der Waals surface area (Å²) in [4.78, 5) is 10.6. The van der Waals surface area contributed by atoms with Crippen molar-refractivity contribution in [2.45, 2.75) is 45.1 Å². The SMILES string of the molecule is CC1CC(C)CC(N)(CC(=O)O)C1. The summed E-state index contributed by atoms with van der Waals surface area (Å²) in [5, 5.41) is 8.72. The van der Waals surface area contributed by atoms with E-state index in [0.29, 0.717) is 11.8 Å². The Hall–Kier alpha value is -0.570. The van der Waals surface area contributed by atoms with Crippen LogP contribution in [0.5, 0.6) is 0 Å². The fourth-order valence-electron chi connectivity index (χ4n) is 2.77. The predicted molar refractivity (Wildman–Crippen MR) is 51.4 cm³/mol. The van der Waals surface area contributed by atoms with Crippen LogP contribution >= 0.6 is 0 Å². The number of rotatable bonds is 2. The van der Waals surface area contributed by atoms with E-state index in [1.54, 1.807) is 0 Å².